The van der Waals surface area contributed by atoms with Crippen LogP contribution in [-0.4, -0.2) is 421 Å². The van der Waals surface area contributed by atoms with E-state index in [0.717, 1.165) is 0 Å². The number of rotatable bonds is 8. The SMILES string of the molecule is OCC1O[C@@H]2O[C@H]3C(CO)O[C@H](O[C@@H]4C(CO)O[C@H](O[C@@H]5C(CO)O[C@H](O[C@@H]6C(CO)O[C@H](O[C@@H]7C(CO)O[C@H](O[C@@H]8C(CO)OC(O[C@@H]9C(CO)OC(O[C@H]1C(O)C2O)[C@@H](O)C9O)[C@@H](O)C8O)C(O)C7O)C(O)C6O)C(O)C5O)C(O)C4O)C(O)C3O. The van der Waals surface area contributed by atoms with E-state index in [-0.39, 0.29) is 0 Å². The molecular formula is C48H80O40. The van der Waals surface area contributed by atoms with Gasteiger partial charge in [0.25, 0.3) is 0 Å². The molecule has 24 unspecified atom stereocenters. The summed E-state index contributed by atoms with van der Waals surface area (Å²) in [6, 6.07) is 0. The summed E-state index contributed by atoms with van der Waals surface area (Å²) in [6.45, 7) is -8.64. The maximum absolute atomic E-state index is 11.4. The van der Waals surface area contributed by atoms with E-state index in [9.17, 15) is 123 Å². The van der Waals surface area contributed by atoms with E-state index < -0.39 is 299 Å². The van der Waals surface area contributed by atoms with Gasteiger partial charge in [-0.25, -0.2) is 0 Å². The smallest absolute Gasteiger partial charge is 0.187 e. The monoisotopic (exact) mass is 1300 g/mol. The molecule has 0 aromatic rings. The van der Waals surface area contributed by atoms with Crippen LogP contribution in [0.3, 0.4) is 0 Å². The van der Waals surface area contributed by atoms with Gasteiger partial charge in [0.05, 0.1) is 52.9 Å². The van der Waals surface area contributed by atoms with Gasteiger partial charge >= 0.3 is 0 Å². The van der Waals surface area contributed by atoms with Crippen molar-refractivity contribution in [1.29, 1.82) is 0 Å². The van der Waals surface area contributed by atoms with E-state index in [0.29, 0.717) is 0 Å². The molecule has 30 aliphatic heterocycles. The number of hydrogen-bond donors (Lipinski definition) is 24. The lowest BCUT2D eigenvalue weighted by Crippen LogP contribution is -2.69. The molecule has 40 heteroatoms. The van der Waals surface area contributed by atoms with Crippen LogP contribution in [0.4, 0.5) is 0 Å². The zero-order valence-electron chi connectivity index (χ0n) is 46.0. The molecule has 24 N–H and O–H groups in total. The van der Waals surface area contributed by atoms with Crippen molar-refractivity contribution in [1.82, 2.24) is 0 Å². The molecular weight excluding hydrogens is 1220 g/mol. The molecule has 0 saturated carbocycles. The Labute approximate surface area is 496 Å². The number of hydrogen-bond acceptors (Lipinski definition) is 40. The molecule has 30 fully saturated rings. The van der Waals surface area contributed by atoms with Gasteiger partial charge < -0.3 is 198 Å². The quantitative estimate of drug-likeness (QED) is 0.107. The summed E-state index contributed by atoms with van der Waals surface area (Å²) in [7, 11) is 0. The third-order valence-electron chi connectivity index (χ3n) is 16.9. The molecule has 0 amide bonds. The van der Waals surface area contributed by atoms with Crippen LogP contribution in [0.5, 0.6) is 0 Å². The largest absolute Gasteiger partial charge is 0.394 e. The molecule has 40 nitrogen and oxygen atoms in total. The molecule has 0 aromatic carbocycles. The van der Waals surface area contributed by atoms with Crippen molar-refractivity contribution in [3.63, 3.8) is 0 Å². The summed E-state index contributed by atoms with van der Waals surface area (Å²) in [5.74, 6) is 0. The van der Waals surface area contributed by atoms with Crippen LogP contribution >= 0.6 is 0 Å². The van der Waals surface area contributed by atoms with Crippen molar-refractivity contribution < 1.29 is 198 Å². The van der Waals surface area contributed by atoms with Gasteiger partial charge in [0.1, 0.15) is 195 Å². The summed E-state index contributed by atoms with van der Waals surface area (Å²) in [5, 5.41) is 265. The highest BCUT2D eigenvalue weighted by atomic mass is 16.8. The van der Waals surface area contributed by atoms with E-state index in [1.54, 1.807) is 0 Å². The Morgan fingerprint density at radius 3 is 0.307 bits per heavy atom. The third kappa shape index (κ3) is 13.8. The second kappa shape index (κ2) is 30.0. The minimum Gasteiger partial charge on any atom is -0.394 e. The lowest BCUT2D eigenvalue weighted by Gasteiger charge is -2.50. The molecule has 512 valence electrons. The topological polar surface area (TPSA) is 633 Å². The Bertz CT molecular complexity index is 1700. The highest BCUT2D eigenvalue weighted by molar-refractivity contribution is 5.02. The van der Waals surface area contributed by atoms with Crippen molar-refractivity contribution in [3.05, 3.63) is 0 Å². The van der Waals surface area contributed by atoms with Crippen LogP contribution in [0.15, 0.2) is 0 Å². The average molecular weight is 1300 g/mol. The summed E-state index contributed by atoms with van der Waals surface area (Å²) < 4.78 is 91.1. The number of aliphatic hydroxyl groups excluding tert-OH is 24. The van der Waals surface area contributed by atoms with Crippen molar-refractivity contribution in [2.24, 2.45) is 0 Å². The fraction of sp³-hybridized carbons (Fsp3) is 1.00. The minimum atomic E-state index is -2.25. The van der Waals surface area contributed by atoms with Crippen LogP contribution in [0.1, 0.15) is 0 Å². The van der Waals surface area contributed by atoms with Gasteiger partial charge in [-0.3, -0.25) is 0 Å². The Balaban J connectivity index is 0.975. The molecule has 30 heterocycles. The van der Waals surface area contributed by atoms with Gasteiger partial charge in [-0.05, 0) is 0 Å². The second-order valence-electron chi connectivity index (χ2n) is 22.5. The van der Waals surface area contributed by atoms with E-state index in [1.165, 1.54) is 0 Å². The predicted octanol–water partition coefficient (Wildman–Crippen LogP) is -17.4. The van der Waals surface area contributed by atoms with Crippen molar-refractivity contribution in [3.8, 4) is 0 Å². The molecule has 30 rings (SSSR count). The number of aliphatic hydroxyl groups is 24. The van der Waals surface area contributed by atoms with E-state index in [1.807, 2.05) is 0 Å². The second-order valence-corrected chi connectivity index (χ2v) is 22.5. The fourth-order valence-corrected chi connectivity index (χ4v) is 11.9. The van der Waals surface area contributed by atoms with Gasteiger partial charge in [0, 0.05) is 0 Å². The normalized spacial score (nSPS) is 55.4. The standard InChI is InChI=1S/C48H80O40/c49-1-9-33-17(57)25(65)41(73-9)82-34-10(2-50)75-43(27(67)19(34)59)84-36-12(4-52)77-45(29(69)21(36)61)86-38-14(6-54)79-47(31(71)23(38)63)88-40-16(8-56)80-48(32(72)24(40)64)87-39-15(7-55)78-46(30(70)22(39)62)85-37-13(5-53)76-44(28(68)20(37)60)83-35-11(3-51)74-42(81-33)26(66)18(35)58/h9-72H,1-8H2/t9?,10?,11?,12?,13?,14?,15?,16?,17?,18?,19?,20?,21?,22?,23?,24?,25-,26-,27?,28?,29?,30?,31?,32?,33+,34+,35+,36-,37+,38+,39+,40+,41?,42?,43+,44+,45+,46+,47+,48+/m0/s1. The van der Waals surface area contributed by atoms with E-state index in [2.05, 4.69) is 0 Å². The Morgan fingerprint density at radius 1 is 0.136 bits per heavy atom. The summed E-state index contributed by atoms with van der Waals surface area (Å²) in [4.78, 5) is 0. The fourth-order valence-electron chi connectivity index (χ4n) is 11.9. The summed E-state index contributed by atoms with van der Waals surface area (Å²) in [6.07, 6.45) is -82.0. The molecule has 30 saturated heterocycles. The zero-order chi connectivity index (χ0) is 64.1. The van der Waals surface area contributed by atoms with Crippen molar-refractivity contribution in [2.75, 3.05) is 52.9 Å². The lowest BCUT2D eigenvalue weighted by atomic mass is 9.94. The van der Waals surface area contributed by atoms with Crippen molar-refractivity contribution in [2.45, 2.75) is 246 Å². The Morgan fingerprint density at radius 2 is 0.227 bits per heavy atom. The molecule has 88 heavy (non-hydrogen) atoms. The summed E-state index contributed by atoms with van der Waals surface area (Å²) in [5.41, 5.74) is 0. The first kappa shape index (κ1) is 70.7. The van der Waals surface area contributed by atoms with Crippen LogP contribution in [-0.2, 0) is 75.8 Å². The van der Waals surface area contributed by atoms with Gasteiger partial charge in [-0.2, -0.15) is 0 Å². The first-order chi connectivity index (χ1) is 41.9. The predicted molar refractivity (Wildman–Crippen MR) is 261 cm³/mol. The molecule has 0 aromatic heterocycles. The van der Waals surface area contributed by atoms with E-state index >= 15 is 0 Å². The Hall–Kier alpha value is -1.60. The summed E-state index contributed by atoms with van der Waals surface area (Å²) >= 11 is 0. The van der Waals surface area contributed by atoms with Gasteiger partial charge in [0.2, 0.25) is 0 Å². The molecule has 30 aliphatic rings. The van der Waals surface area contributed by atoms with Crippen LogP contribution < -0.4 is 0 Å². The highest BCUT2D eigenvalue weighted by Crippen LogP contribution is 2.40. The van der Waals surface area contributed by atoms with Gasteiger partial charge in [-0.15, -0.1) is 0 Å². The Kier molecular flexibility index (Phi) is 24.1. The van der Waals surface area contributed by atoms with Crippen LogP contribution in [0, 0.1) is 0 Å². The van der Waals surface area contributed by atoms with Crippen LogP contribution in [0.25, 0.3) is 0 Å². The molecule has 0 spiro atoms. The lowest BCUT2D eigenvalue weighted by molar-refractivity contribution is -0.404. The number of ether oxygens (including phenoxy) is 16. The zero-order valence-corrected chi connectivity index (χ0v) is 46.0. The molecule has 0 aliphatic carbocycles. The minimum absolute atomic E-state index is 1.08. The van der Waals surface area contributed by atoms with E-state index in [4.69, 9.17) is 75.8 Å². The maximum Gasteiger partial charge on any atom is 0.187 e. The third-order valence-corrected chi connectivity index (χ3v) is 16.9. The van der Waals surface area contributed by atoms with Gasteiger partial charge in [-0.1, -0.05) is 0 Å². The van der Waals surface area contributed by atoms with Crippen molar-refractivity contribution >= 4 is 0 Å². The first-order valence-corrected chi connectivity index (χ1v) is 28.1. The highest BCUT2D eigenvalue weighted by Gasteiger charge is 2.60. The molecule has 40 atom stereocenters. The average Bonchev–Trinajstić information content (AvgIpc) is 0.985. The van der Waals surface area contributed by atoms with Crippen LogP contribution in [0.2, 0.25) is 0 Å². The first-order valence-electron chi connectivity index (χ1n) is 28.1. The molecule has 16 bridgehead atoms. The van der Waals surface area contributed by atoms with Gasteiger partial charge in [0.15, 0.2) is 50.3 Å². The maximum atomic E-state index is 11.4. The molecule has 0 radical (unpaired) electrons.